The van der Waals surface area contributed by atoms with Crippen LogP contribution < -0.4 is 4.90 Å². The number of aliphatic hydroxyl groups is 1. The first kappa shape index (κ1) is 11.9. The molecule has 1 fully saturated rings. The molecule has 0 aromatic carbocycles. The van der Waals surface area contributed by atoms with E-state index < -0.39 is 0 Å². The van der Waals surface area contributed by atoms with Gasteiger partial charge < -0.3 is 10.0 Å². The number of pyridine rings is 1. The van der Waals surface area contributed by atoms with Crippen LogP contribution in [0.2, 0.25) is 0 Å². The van der Waals surface area contributed by atoms with Gasteiger partial charge in [-0.15, -0.1) is 0 Å². The van der Waals surface area contributed by atoms with Crippen LogP contribution in [0.25, 0.3) is 0 Å². The molecule has 0 bridgehead atoms. The number of anilines is 1. The Morgan fingerprint density at radius 3 is 2.81 bits per heavy atom. The Bertz CT molecular complexity index is 340. The van der Waals surface area contributed by atoms with Gasteiger partial charge in [0.1, 0.15) is 5.82 Å². The summed E-state index contributed by atoms with van der Waals surface area (Å²) in [5.74, 6) is 0.962. The molecule has 88 valence electrons. The summed E-state index contributed by atoms with van der Waals surface area (Å²) in [6.45, 7) is 0.847. The smallest absolute Gasteiger partial charge is 0.143 e. The van der Waals surface area contributed by atoms with Crippen molar-refractivity contribution in [3.8, 4) is 0 Å². The molecule has 4 heteroatoms. The Morgan fingerprint density at radius 1 is 1.44 bits per heavy atom. The minimum Gasteiger partial charge on any atom is -0.395 e. The van der Waals surface area contributed by atoms with E-state index in [1.54, 1.807) is 6.20 Å². The number of hydrogen-bond acceptors (Lipinski definition) is 3. The van der Waals surface area contributed by atoms with Crippen molar-refractivity contribution in [1.29, 1.82) is 0 Å². The summed E-state index contributed by atoms with van der Waals surface area (Å²) in [5, 5.41) is 9.16. The van der Waals surface area contributed by atoms with E-state index in [0.717, 1.165) is 10.3 Å². The average Bonchev–Trinajstić information content (AvgIpc) is 2.80. The summed E-state index contributed by atoms with van der Waals surface area (Å²) in [6, 6.07) is 4.46. The van der Waals surface area contributed by atoms with E-state index in [9.17, 15) is 0 Å². The molecule has 0 radical (unpaired) electrons. The van der Waals surface area contributed by atoms with Gasteiger partial charge in [-0.05, 0) is 40.9 Å². The molecule has 16 heavy (non-hydrogen) atoms. The van der Waals surface area contributed by atoms with E-state index in [-0.39, 0.29) is 6.61 Å². The van der Waals surface area contributed by atoms with E-state index in [4.69, 9.17) is 5.11 Å². The molecule has 1 N–H and O–H groups in total. The van der Waals surface area contributed by atoms with E-state index in [1.165, 1.54) is 25.7 Å². The van der Waals surface area contributed by atoms with Crippen molar-refractivity contribution in [2.75, 3.05) is 18.1 Å². The maximum Gasteiger partial charge on any atom is 0.143 e. The lowest BCUT2D eigenvalue weighted by atomic mass is 10.2. The fraction of sp³-hybridized carbons (Fsp3) is 0.583. The van der Waals surface area contributed by atoms with Crippen LogP contribution in [0.5, 0.6) is 0 Å². The molecule has 0 saturated heterocycles. The topological polar surface area (TPSA) is 36.4 Å². The highest BCUT2D eigenvalue weighted by Crippen LogP contribution is 2.30. The molecule has 1 heterocycles. The van der Waals surface area contributed by atoms with E-state index in [2.05, 4.69) is 25.8 Å². The predicted molar refractivity (Wildman–Crippen MR) is 68.6 cm³/mol. The third-order valence-electron chi connectivity index (χ3n) is 3.12. The average molecular weight is 285 g/mol. The molecule has 2 rings (SSSR count). The summed E-state index contributed by atoms with van der Waals surface area (Å²) in [4.78, 5) is 6.64. The van der Waals surface area contributed by atoms with Crippen molar-refractivity contribution >= 4 is 21.7 Å². The lowest BCUT2D eigenvalue weighted by molar-refractivity contribution is 0.296. The standard InChI is InChI=1S/C12H17BrN2O/c13-11-6-3-7-14-12(11)15(8-9-16)10-4-1-2-5-10/h3,6-7,10,16H,1-2,4-5,8-9H2. The number of rotatable bonds is 4. The largest absolute Gasteiger partial charge is 0.395 e. The van der Waals surface area contributed by atoms with Crippen molar-refractivity contribution in [2.45, 2.75) is 31.7 Å². The minimum absolute atomic E-state index is 0.180. The Morgan fingerprint density at radius 2 is 2.19 bits per heavy atom. The molecule has 1 aromatic rings. The molecule has 0 atom stereocenters. The molecule has 0 unspecified atom stereocenters. The van der Waals surface area contributed by atoms with Crippen LogP contribution in [0.1, 0.15) is 25.7 Å². The zero-order chi connectivity index (χ0) is 11.4. The first-order valence-electron chi connectivity index (χ1n) is 5.81. The Kier molecular flexibility index (Phi) is 4.18. The van der Waals surface area contributed by atoms with Crippen LogP contribution in [0, 0.1) is 0 Å². The van der Waals surface area contributed by atoms with Gasteiger partial charge in [0.05, 0.1) is 11.1 Å². The van der Waals surface area contributed by atoms with Gasteiger partial charge in [0.25, 0.3) is 0 Å². The second-order valence-electron chi connectivity index (χ2n) is 4.16. The Labute approximate surface area is 105 Å². The van der Waals surface area contributed by atoms with Crippen molar-refractivity contribution < 1.29 is 5.11 Å². The van der Waals surface area contributed by atoms with Crippen LogP contribution >= 0.6 is 15.9 Å². The molecular formula is C12H17BrN2O. The number of halogens is 1. The summed E-state index contributed by atoms with van der Waals surface area (Å²) in [7, 11) is 0. The zero-order valence-electron chi connectivity index (χ0n) is 9.27. The Balaban J connectivity index is 2.21. The molecule has 1 aliphatic rings. The second kappa shape index (κ2) is 5.64. The SMILES string of the molecule is OCCN(c1ncccc1Br)C1CCCC1. The van der Waals surface area contributed by atoms with Gasteiger partial charge in [-0.2, -0.15) is 0 Å². The highest BCUT2D eigenvalue weighted by Gasteiger charge is 2.24. The summed E-state index contributed by atoms with van der Waals surface area (Å²) in [5.41, 5.74) is 0. The molecular weight excluding hydrogens is 268 g/mol. The first-order valence-corrected chi connectivity index (χ1v) is 6.60. The van der Waals surface area contributed by atoms with Crippen LogP contribution in [0.15, 0.2) is 22.8 Å². The van der Waals surface area contributed by atoms with Crippen LogP contribution in [-0.4, -0.2) is 29.3 Å². The highest BCUT2D eigenvalue weighted by atomic mass is 79.9. The molecule has 1 aliphatic carbocycles. The van der Waals surface area contributed by atoms with Crippen LogP contribution in [-0.2, 0) is 0 Å². The van der Waals surface area contributed by atoms with Crippen LogP contribution in [0.4, 0.5) is 5.82 Å². The lowest BCUT2D eigenvalue weighted by Crippen LogP contribution is -2.36. The molecule has 1 saturated carbocycles. The van der Waals surface area contributed by atoms with Crippen molar-refractivity contribution in [2.24, 2.45) is 0 Å². The van der Waals surface area contributed by atoms with Gasteiger partial charge in [-0.25, -0.2) is 4.98 Å². The van der Waals surface area contributed by atoms with E-state index in [0.29, 0.717) is 12.6 Å². The molecule has 3 nitrogen and oxygen atoms in total. The monoisotopic (exact) mass is 284 g/mol. The zero-order valence-corrected chi connectivity index (χ0v) is 10.9. The van der Waals surface area contributed by atoms with Crippen molar-refractivity contribution in [1.82, 2.24) is 4.98 Å². The maximum absolute atomic E-state index is 9.16. The van der Waals surface area contributed by atoms with Crippen molar-refractivity contribution in [3.05, 3.63) is 22.8 Å². The number of aromatic nitrogens is 1. The quantitative estimate of drug-likeness (QED) is 0.923. The minimum atomic E-state index is 0.180. The number of nitrogens with zero attached hydrogens (tertiary/aromatic N) is 2. The molecule has 0 aliphatic heterocycles. The normalized spacial score (nSPS) is 16.6. The molecule has 0 amide bonds. The van der Waals surface area contributed by atoms with Gasteiger partial charge in [0, 0.05) is 18.8 Å². The third kappa shape index (κ3) is 2.55. The van der Waals surface area contributed by atoms with Crippen molar-refractivity contribution in [3.63, 3.8) is 0 Å². The van der Waals surface area contributed by atoms with Crippen LogP contribution in [0.3, 0.4) is 0 Å². The van der Waals surface area contributed by atoms with E-state index >= 15 is 0 Å². The molecule has 0 spiro atoms. The van der Waals surface area contributed by atoms with Gasteiger partial charge in [0.15, 0.2) is 0 Å². The molecule has 1 aromatic heterocycles. The van der Waals surface area contributed by atoms with Gasteiger partial charge >= 0.3 is 0 Å². The predicted octanol–water partition coefficient (Wildman–Crippen LogP) is 2.59. The highest BCUT2D eigenvalue weighted by molar-refractivity contribution is 9.10. The first-order chi connectivity index (χ1) is 7.83. The van der Waals surface area contributed by atoms with E-state index in [1.807, 2.05) is 12.1 Å². The fourth-order valence-corrected chi connectivity index (χ4v) is 2.86. The van der Waals surface area contributed by atoms with Gasteiger partial charge in [0.2, 0.25) is 0 Å². The second-order valence-corrected chi connectivity index (χ2v) is 5.02. The van der Waals surface area contributed by atoms with Gasteiger partial charge in [-0.1, -0.05) is 12.8 Å². The van der Waals surface area contributed by atoms with Gasteiger partial charge in [-0.3, -0.25) is 0 Å². The summed E-state index contributed by atoms with van der Waals surface area (Å²) in [6.07, 6.45) is 6.81. The fourth-order valence-electron chi connectivity index (χ4n) is 2.37. The summed E-state index contributed by atoms with van der Waals surface area (Å²) < 4.78 is 1.01. The maximum atomic E-state index is 9.16. The number of hydrogen-bond donors (Lipinski definition) is 1. The lowest BCUT2D eigenvalue weighted by Gasteiger charge is -2.30. The number of aliphatic hydroxyl groups excluding tert-OH is 1. The third-order valence-corrected chi connectivity index (χ3v) is 3.74. The Hall–Kier alpha value is -0.610. The summed E-state index contributed by atoms with van der Waals surface area (Å²) >= 11 is 3.53.